The van der Waals surface area contributed by atoms with E-state index in [-0.39, 0.29) is 23.2 Å². The minimum Gasteiger partial charge on any atom is -0.457 e. The number of Topliss-reactive ketones (excluding diaryl/α,β-unsaturated/α-hetero) is 1. The SMILES string of the molecule is CC(=O)OCC(=O)C1=CC[C@H]2[C@@H]3CCC4=CC(=O)CC[C@]4(C)[C@H]3CC[C@]12C. The third-order valence-corrected chi connectivity index (χ3v) is 8.25. The van der Waals surface area contributed by atoms with Crippen LogP contribution in [-0.4, -0.2) is 24.1 Å². The first-order valence-corrected chi connectivity index (χ1v) is 10.4. The zero-order chi connectivity index (χ0) is 19.4. The van der Waals surface area contributed by atoms with Gasteiger partial charge in [0.05, 0.1) is 0 Å². The molecule has 4 aliphatic carbocycles. The maximum Gasteiger partial charge on any atom is 0.303 e. The fraction of sp³-hybridized carbons (Fsp3) is 0.696. The molecule has 2 saturated carbocycles. The Balaban J connectivity index is 1.56. The van der Waals surface area contributed by atoms with Crippen molar-refractivity contribution in [3.05, 3.63) is 23.3 Å². The molecule has 0 aromatic rings. The molecule has 4 heteroatoms. The second-order valence-electron chi connectivity index (χ2n) is 9.48. The van der Waals surface area contributed by atoms with Gasteiger partial charge in [-0.05, 0) is 73.2 Å². The molecule has 5 atom stereocenters. The monoisotopic (exact) mass is 370 g/mol. The van der Waals surface area contributed by atoms with Crippen molar-refractivity contribution in [1.82, 2.24) is 0 Å². The van der Waals surface area contributed by atoms with E-state index in [9.17, 15) is 14.4 Å². The largest absolute Gasteiger partial charge is 0.457 e. The summed E-state index contributed by atoms with van der Waals surface area (Å²) in [6.07, 6.45) is 10.9. The molecule has 0 bridgehead atoms. The number of hydrogen-bond donors (Lipinski definition) is 0. The van der Waals surface area contributed by atoms with Crippen LogP contribution in [-0.2, 0) is 19.1 Å². The van der Waals surface area contributed by atoms with Crippen molar-refractivity contribution >= 4 is 17.5 Å². The molecule has 0 aliphatic heterocycles. The summed E-state index contributed by atoms with van der Waals surface area (Å²) >= 11 is 0. The normalized spacial score (nSPS) is 40.3. The van der Waals surface area contributed by atoms with Crippen LogP contribution in [0.1, 0.15) is 65.7 Å². The van der Waals surface area contributed by atoms with Gasteiger partial charge < -0.3 is 4.74 Å². The molecule has 0 N–H and O–H groups in total. The third kappa shape index (κ3) is 2.83. The molecule has 0 saturated heterocycles. The summed E-state index contributed by atoms with van der Waals surface area (Å²) in [5.74, 6) is 1.57. The summed E-state index contributed by atoms with van der Waals surface area (Å²) in [7, 11) is 0. The standard InChI is InChI=1S/C23H30O4/c1-14(24)27-13-21(26)20-7-6-18-17-5-4-15-12-16(25)8-10-22(15,2)19(17)9-11-23(18,20)3/h7,12,17-19H,4-6,8-11,13H2,1-3H3/t17-,18-,19-,22-,23-/m0/s1. The first-order valence-electron chi connectivity index (χ1n) is 10.4. The number of ether oxygens (including phenoxy) is 1. The number of ketones is 2. The summed E-state index contributed by atoms with van der Waals surface area (Å²) < 4.78 is 4.98. The molecule has 27 heavy (non-hydrogen) atoms. The summed E-state index contributed by atoms with van der Waals surface area (Å²) in [6.45, 7) is 5.83. The predicted octanol–water partition coefficient (Wildman–Crippen LogP) is 4.19. The van der Waals surface area contributed by atoms with Crippen molar-refractivity contribution in [1.29, 1.82) is 0 Å². The van der Waals surface area contributed by atoms with Crippen LogP contribution in [0.5, 0.6) is 0 Å². The highest BCUT2D eigenvalue weighted by molar-refractivity contribution is 5.99. The van der Waals surface area contributed by atoms with Crippen LogP contribution in [0.25, 0.3) is 0 Å². The summed E-state index contributed by atoms with van der Waals surface area (Å²) in [5, 5.41) is 0. The number of esters is 1. The number of fused-ring (bicyclic) bond motifs is 5. The Kier molecular flexibility index (Phi) is 4.44. The van der Waals surface area contributed by atoms with Gasteiger partial charge in [0.1, 0.15) is 0 Å². The molecular formula is C23H30O4. The summed E-state index contributed by atoms with van der Waals surface area (Å²) in [5.41, 5.74) is 2.32. The lowest BCUT2D eigenvalue weighted by Gasteiger charge is -2.57. The maximum absolute atomic E-state index is 12.7. The fourth-order valence-corrected chi connectivity index (χ4v) is 6.80. The second-order valence-corrected chi connectivity index (χ2v) is 9.48. The van der Waals surface area contributed by atoms with Crippen LogP contribution in [0.4, 0.5) is 0 Å². The molecule has 4 rings (SSSR count). The molecule has 0 heterocycles. The molecule has 0 aromatic carbocycles. The lowest BCUT2D eigenvalue weighted by molar-refractivity contribution is -0.145. The summed E-state index contributed by atoms with van der Waals surface area (Å²) in [4.78, 5) is 35.7. The Morgan fingerprint density at radius 2 is 1.89 bits per heavy atom. The minimum absolute atomic E-state index is 0.0282. The highest BCUT2D eigenvalue weighted by Crippen LogP contribution is 2.65. The van der Waals surface area contributed by atoms with E-state index >= 15 is 0 Å². The fourth-order valence-electron chi connectivity index (χ4n) is 6.80. The first kappa shape index (κ1) is 18.6. The van der Waals surface area contributed by atoms with Gasteiger partial charge in [-0.15, -0.1) is 0 Å². The zero-order valence-electron chi connectivity index (χ0n) is 16.7. The van der Waals surface area contributed by atoms with E-state index in [0.29, 0.717) is 30.0 Å². The van der Waals surface area contributed by atoms with Crippen LogP contribution in [0.15, 0.2) is 23.3 Å². The van der Waals surface area contributed by atoms with Crippen molar-refractivity contribution in [2.24, 2.45) is 28.6 Å². The van der Waals surface area contributed by atoms with E-state index in [4.69, 9.17) is 4.74 Å². The summed E-state index contributed by atoms with van der Waals surface area (Å²) in [6, 6.07) is 0. The van der Waals surface area contributed by atoms with Gasteiger partial charge in [-0.2, -0.15) is 0 Å². The van der Waals surface area contributed by atoms with E-state index in [0.717, 1.165) is 44.1 Å². The van der Waals surface area contributed by atoms with Crippen molar-refractivity contribution in [3.8, 4) is 0 Å². The Morgan fingerprint density at radius 3 is 2.63 bits per heavy atom. The van der Waals surface area contributed by atoms with Crippen molar-refractivity contribution in [3.63, 3.8) is 0 Å². The number of rotatable bonds is 3. The van der Waals surface area contributed by atoms with Gasteiger partial charge in [-0.25, -0.2) is 0 Å². The van der Waals surface area contributed by atoms with Crippen LogP contribution in [0.3, 0.4) is 0 Å². The van der Waals surface area contributed by atoms with Crippen LogP contribution in [0, 0.1) is 28.6 Å². The molecule has 0 unspecified atom stereocenters. The van der Waals surface area contributed by atoms with Gasteiger partial charge in [0.15, 0.2) is 18.2 Å². The van der Waals surface area contributed by atoms with Crippen molar-refractivity contribution in [2.45, 2.75) is 65.7 Å². The van der Waals surface area contributed by atoms with Crippen molar-refractivity contribution in [2.75, 3.05) is 6.61 Å². The van der Waals surface area contributed by atoms with Gasteiger partial charge in [0.25, 0.3) is 0 Å². The van der Waals surface area contributed by atoms with E-state index in [1.54, 1.807) is 0 Å². The lowest BCUT2D eigenvalue weighted by Crippen LogP contribution is -2.50. The van der Waals surface area contributed by atoms with Gasteiger partial charge in [-0.3, -0.25) is 14.4 Å². The highest BCUT2D eigenvalue weighted by atomic mass is 16.5. The van der Waals surface area contributed by atoms with E-state index < -0.39 is 5.97 Å². The first-order chi connectivity index (χ1) is 12.8. The van der Waals surface area contributed by atoms with Crippen LogP contribution in [0.2, 0.25) is 0 Å². The van der Waals surface area contributed by atoms with E-state index in [1.165, 1.54) is 12.5 Å². The Labute approximate surface area is 161 Å². The Morgan fingerprint density at radius 1 is 1.11 bits per heavy atom. The number of carbonyl (C=O) groups excluding carboxylic acids is 3. The third-order valence-electron chi connectivity index (χ3n) is 8.25. The van der Waals surface area contributed by atoms with Crippen LogP contribution < -0.4 is 0 Å². The zero-order valence-corrected chi connectivity index (χ0v) is 16.7. The van der Waals surface area contributed by atoms with Gasteiger partial charge in [0.2, 0.25) is 0 Å². The van der Waals surface area contributed by atoms with Gasteiger partial charge in [-0.1, -0.05) is 25.5 Å². The molecule has 0 aromatic heterocycles. The Bertz CT molecular complexity index is 760. The van der Waals surface area contributed by atoms with Gasteiger partial charge >= 0.3 is 5.97 Å². The van der Waals surface area contributed by atoms with Gasteiger partial charge in [0, 0.05) is 18.9 Å². The van der Waals surface area contributed by atoms with Crippen molar-refractivity contribution < 1.29 is 19.1 Å². The molecule has 0 spiro atoms. The number of hydrogen-bond acceptors (Lipinski definition) is 4. The van der Waals surface area contributed by atoms with Crippen LogP contribution >= 0.6 is 0 Å². The second kappa shape index (κ2) is 6.42. The predicted molar refractivity (Wildman–Crippen MR) is 102 cm³/mol. The smallest absolute Gasteiger partial charge is 0.303 e. The average Bonchev–Trinajstić information content (AvgIpc) is 2.97. The van der Waals surface area contributed by atoms with E-state index in [1.807, 2.05) is 6.08 Å². The topological polar surface area (TPSA) is 60.4 Å². The number of carbonyl (C=O) groups is 3. The lowest BCUT2D eigenvalue weighted by atomic mass is 9.47. The number of allylic oxidation sites excluding steroid dienone is 3. The molecule has 4 nitrogen and oxygen atoms in total. The molecule has 0 radical (unpaired) electrons. The minimum atomic E-state index is -0.404. The average molecular weight is 370 g/mol. The molecule has 146 valence electrons. The molecule has 2 fully saturated rings. The van der Waals surface area contributed by atoms with E-state index in [2.05, 4.69) is 19.9 Å². The maximum atomic E-state index is 12.7. The highest BCUT2D eigenvalue weighted by Gasteiger charge is 2.57. The quantitative estimate of drug-likeness (QED) is 0.699. The molecule has 4 aliphatic rings. The molecular weight excluding hydrogens is 340 g/mol. The molecule has 0 amide bonds. The Hall–Kier alpha value is -1.71.